The van der Waals surface area contributed by atoms with Crippen molar-refractivity contribution in [1.29, 1.82) is 0 Å². The topological polar surface area (TPSA) is 59.0 Å². The highest BCUT2D eigenvalue weighted by atomic mass is 16.5. The average Bonchev–Trinajstić information content (AvgIpc) is 2.64. The van der Waals surface area contributed by atoms with Crippen LogP contribution < -0.4 is 4.74 Å². The van der Waals surface area contributed by atoms with E-state index in [1.54, 1.807) is 12.3 Å². The molecule has 0 aliphatic carbocycles. The Morgan fingerprint density at radius 1 is 1.30 bits per heavy atom. The third-order valence-electron chi connectivity index (χ3n) is 3.40. The quantitative estimate of drug-likeness (QED) is 0.793. The molecule has 1 N–H and O–H groups in total. The summed E-state index contributed by atoms with van der Waals surface area (Å²) < 4.78 is 11.2. The number of phenolic OH excluding ortho intramolecular Hbond substituents is 1. The molecule has 0 aromatic heterocycles. The molecule has 2 heterocycles. The number of carbonyl (C=O) groups excluding carboxylic acids is 1. The Morgan fingerprint density at radius 3 is 2.70 bits per heavy atom. The van der Waals surface area contributed by atoms with Crippen LogP contribution >= 0.6 is 0 Å². The lowest BCUT2D eigenvalue weighted by Gasteiger charge is -2.34. The van der Waals surface area contributed by atoms with Gasteiger partial charge in [0.25, 0.3) is 0 Å². The van der Waals surface area contributed by atoms with E-state index in [1.165, 1.54) is 12.1 Å². The first-order valence-electron chi connectivity index (χ1n) is 6.70. The zero-order chi connectivity index (χ0) is 14.3. The van der Waals surface area contributed by atoms with Crippen molar-refractivity contribution in [2.24, 2.45) is 0 Å². The van der Waals surface area contributed by atoms with Crippen LogP contribution in [0, 0.1) is 0 Å². The number of hydrogen-bond acceptors (Lipinski definition) is 5. The molecule has 0 amide bonds. The van der Waals surface area contributed by atoms with Gasteiger partial charge in [-0.3, -0.25) is 4.79 Å². The summed E-state index contributed by atoms with van der Waals surface area (Å²) in [6.45, 7) is 5.47. The molecule has 2 aliphatic rings. The van der Waals surface area contributed by atoms with Gasteiger partial charge in [0.05, 0.1) is 17.8 Å². The standard InChI is InChI=1S/C15H17NO4/c1-9-6-16(7-10(2)19-9)8-14-15(18)12-4-3-11(17)5-13(12)20-14/h3-5,8-10,17H,6-7H2,1-2H3. The number of aromatic hydroxyl groups is 1. The van der Waals surface area contributed by atoms with Crippen LogP contribution in [0.4, 0.5) is 0 Å². The second kappa shape index (κ2) is 4.83. The molecule has 2 aliphatic heterocycles. The van der Waals surface area contributed by atoms with Gasteiger partial charge in [-0.05, 0) is 26.0 Å². The average molecular weight is 275 g/mol. The second-order valence-corrected chi connectivity index (χ2v) is 5.32. The van der Waals surface area contributed by atoms with Crippen LogP contribution in [0.1, 0.15) is 24.2 Å². The van der Waals surface area contributed by atoms with Gasteiger partial charge in [0.15, 0.2) is 5.76 Å². The minimum absolute atomic E-state index is 0.0893. The molecule has 1 saturated heterocycles. The number of benzene rings is 1. The van der Waals surface area contributed by atoms with Crippen molar-refractivity contribution >= 4 is 5.78 Å². The number of ether oxygens (including phenoxy) is 2. The summed E-state index contributed by atoms with van der Waals surface area (Å²) in [7, 11) is 0. The molecule has 5 heteroatoms. The van der Waals surface area contributed by atoms with Gasteiger partial charge in [0, 0.05) is 25.4 Å². The molecule has 0 saturated carbocycles. The van der Waals surface area contributed by atoms with Crippen LogP contribution in [-0.4, -0.2) is 41.1 Å². The number of fused-ring (bicyclic) bond motifs is 1. The zero-order valence-corrected chi connectivity index (χ0v) is 11.5. The second-order valence-electron chi connectivity index (χ2n) is 5.32. The van der Waals surface area contributed by atoms with Gasteiger partial charge >= 0.3 is 0 Å². The number of carbonyl (C=O) groups is 1. The molecule has 0 radical (unpaired) electrons. The minimum Gasteiger partial charge on any atom is -0.508 e. The lowest BCUT2D eigenvalue weighted by Crippen LogP contribution is -2.43. The predicted molar refractivity (Wildman–Crippen MR) is 72.7 cm³/mol. The SMILES string of the molecule is CC1CN(C=C2Oc3cc(O)ccc3C2=O)CC(C)O1. The number of nitrogens with zero attached hydrogens (tertiary/aromatic N) is 1. The van der Waals surface area contributed by atoms with Crippen LogP contribution in [0.2, 0.25) is 0 Å². The summed E-state index contributed by atoms with van der Waals surface area (Å²) in [6.07, 6.45) is 1.99. The fourth-order valence-corrected chi connectivity index (χ4v) is 2.65. The maximum absolute atomic E-state index is 12.2. The number of rotatable bonds is 1. The van der Waals surface area contributed by atoms with E-state index in [9.17, 15) is 9.90 Å². The Labute approximate surface area is 117 Å². The highest BCUT2D eigenvalue weighted by molar-refractivity contribution is 6.12. The lowest BCUT2D eigenvalue weighted by molar-refractivity contribution is -0.0546. The van der Waals surface area contributed by atoms with E-state index in [2.05, 4.69) is 0 Å². The van der Waals surface area contributed by atoms with Gasteiger partial charge < -0.3 is 19.5 Å². The summed E-state index contributed by atoms with van der Waals surface area (Å²) in [5.74, 6) is 0.653. The molecule has 0 spiro atoms. The summed E-state index contributed by atoms with van der Waals surface area (Å²) >= 11 is 0. The largest absolute Gasteiger partial charge is 0.508 e. The minimum atomic E-state index is -0.146. The molecule has 5 nitrogen and oxygen atoms in total. The number of ketones is 1. The van der Waals surface area contributed by atoms with Crippen molar-refractivity contribution in [3.63, 3.8) is 0 Å². The van der Waals surface area contributed by atoms with Crippen molar-refractivity contribution in [3.8, 4) is 11.5 Å². The van der Waals surface area contributed by atoms with Gasteiger partial charge in [-0.25, -0.2) is 0 Å². The normalized spacial score (nSPS) is 27.6. The summed E-state index contributed by atoms with van der Waals surface area (Å²) in [5, 5.41) is 9.42. The summed E-state index contributed by atoms with van der Waals surface area (Å²) in [4.78, 5) is 14.3. The maximum Gasteiger partial charge on any atom is 0.233 e. The molecular formula is C15H17NO4. The molecule has 2 unspecified atom stereocenters. The van der Waals surface area contributed by atoms with E-state index >= 15 is 0 Å². The molecule has 2 atom stereocenters. The Kier molecular flexibility index (Phi) is 3.14. The van der Waals surface area contributed by atoms with Crippen molar-refractivity contribution in [2.75, 3.05) is 13.1 Å². The third-order valence-corrected chi connectivity index (χ3v) is 3.40. The van der Waals surface area contributed by atoms with Gasteiger partial charge in [-0.1, -0.05) is 0 Å². The maximum atomic E-state index is 12.2. The summed E-state index contributed by atoms with van der Waals surface area (Å²) in [6, 6.07) is 4.53. The van der Waals surface area contributed by atoms with Crippen LogP contribution in [0.15, 0.2) is 30.2 Å². The van der Waals surface area contributed by atoms with Gasteiger partial charge in [-0.2, -0.15) is 0 Å². The molecule has 0 bridgehead atoms. The zero-order valence-electron chi connectivity index (χ0n) is 11.5. The molecule has 106 valence electrons. The van der Waals surface area contributed by atoms with E-state index in [-0.39, 0.29) is 23.7 Å². The van der Waals surface area contributed by atoms with Crippen LogP contribution in [0.25, 0.3) is 0 Å². The predicted octanol–water partition coefficient (Wildman–Crippen LogP) is 1.92. The number of Topliss-reactive ketones (excluding diaryl/α,β-unsaturated/α-hetero) is 1. The van der Waals surface area contributed by atoms with Gasteiger partial charge in [-0.15, -0.1) is 0 Å². The lowest BCUT2D eigenvalue weighted by atomic mass is 10.1. The molecule has 1 aromatic carbocycles. The van der Waals surface area contributed by atoms with Crippen molar-refractivity contribution in [2.45, 2.75) is 26.1 Å². The Morgan fingerprint density at radius 2 is 2.00 bits per heavy atom. The van der Waals surface area contributed by atoms with Gasteiger partial charge in [0.1, 0.15) is 11.5 Å². The number of phenols is 1. The van der Waals surface area contributed by atoms with E-state index in [0.717, 1.165) is 13.1 Å². The first-order chi connectivity index (χ1) is 9.52. The first kappa shape index (κ1) is 13.0. The van der Waals surface area contributed by atoms with Crippen molar-refractivity contribution in [3.05, 3.63) is 35.7 Å². The molecule has 1 fully saturated rings. The number of morpholine rings is 1. The monoisotopic (exact) mass is 275 g/mol. The Bertz CT molecular complexity index is 571. The van der Waals surface area contributed by atoms with E-state index in [0.29, 0.717) is 17.1 Å². The first-order valence-corrected chi connectivity index (χ1v) is 6.70. The Hall–Kier alpha value is -2.01. The molecule has 20 heavy (non-hydrogen) atoms. The highest BCUT2D eigenvalue weighted by Crippen LogP contribution is 2.33. The third kappa shape index (κ3) is 2.36. The van der Waals surface area contributed by atoms with E-state index in [1.807, 2.05) is 18.7 Å². The van der Waals surface area contributed by atoms with Crippen LogP contribution in [0.5, 0.6) is 11.5 Å². The Balaban J connectivity index is 1.82. The fourth-order valence-electron chi connectivity index (χ4n) is 2.65. The van der Waals surface area contributed by atoms with Crippen molar-refractivity contribution in [1.82, 2.24) is 4.90 Å². The van der Waals surface area contributed by atoms with Crippen molar-refractivity contribution < 1.29 is 19.4 Å². The number of hydrogen-bond donors (Lipinski definition) is 1. The summed E-state index contributed by atoms with van der Waals surface area (Å²) in [5.41, 5.74) is 0.489. The van der Waals surface area contributed by atoms with Crippen LogP contribution in [-0.2, 0) is 4.74 Å². The van der Waals surface area contributed by atoms with Gasteiger partial charge in [0.2, 0.25) is 5.78 Å². The molecule has 3 rings (SSSR count). The highest BCUT2D eigenvalue weighted by Gasteiger charge is 2.29. The van der Waals surface area contributed by atoms with Crippen LogP contribution in [0.3, 0.4) is 0 Å². The molecular weight excluding hydrogens is 258 g/mol. The van der Waals surface area contributed by atoms with E-state index < -0.39 is 0 Å². The number of allylic oxidation sites excluding steroid dienone is 1. The molecule has 1 aromatic rings. The van der Waals surface area contributed by atoms with E-state index in [4.69, 9.17) is 9.47 Å². The smallest absolute Gasteiger partial charge is 0.233 e. The fraction of sp³-hybridized carbons (Fsp3) is 0.400.